The van der Waals surface area contributed by atoms with Gasteiger partial charge in [0.15, 0.2) is 0 Å². The lowest BCUT2D eigenvalue weighted by molar-refractivity contribution is -0.120. The minimum Gasteiger partial charge on any atom is -0.478 e. The molecule has 0 fully saturated rings. The third-order valence-electron chi connectivity index (χ3n) is 2.65. The lowest BCUT2D eigenvalue weighted by atomic mass is 10.1. The number of rotatable bonds is 6. The summed E-state index contributed by atoms with van der Waals surface area (Å²) in [5, 5.41) is 11.3. The minimum absolute atomic E-state index is 0.0167. The molecule has 2 N–H and O–H groups in total. The van der Waals surface area contributed by atoms with E-state index in [-0.39, 0.29) is 11.5 Å². The van der Waals surface area contributed by atoms with Gasteiger partial charge in [-0.25, -0.2) is 4.79 Å². The van der Waals surface area contributed by atoms with Crippen LogP contribution in [0.25, 0.3) is 0 Å². The third-order valence-corrected chi connectivity index (χ3v) is 2.65. The number of carboxylic acid groups (broad SMARTS) is 1. The fourth-order valence-corrected chi connectivity index (χ4v) is 1.56. The highest BCUT2D eigenvalue weighted by atomic mass is 16.4. The molecular formula is C13H18N2O3. The van der Waals surface area contributed by atoms with E-state index in [4.69, 9.17) is 5.11 Å². The Bertz CT molecular complexity index is 415. The molecule has 18 heavy (non-hydrogen) atoms. The Morgan fingerprint density at radius 1 is 1.28 bits per heavy atom. The van der Waals surface area contributed by atoms with E-state index < -0.39 is 5.97 Å². The lowest BCUT2D eigenvalue weighted by Gasteiger charge is -2.16. The average molecular weight is 250 g/mol. The topological polar surface area (TPSA) is 69.6 Å². The first kappa shape index (κ1) is 14.2. The van der Waals surface area contributed by atoms with Crippen LogP contribution in [0.4, 0.5) is 0 Å². The van der Waals surface area contributed by atoms with E-state index >= 15 is 0 Å². The Hall–Kier alpha value is -1.88. The first-order valence-corrected chi connectivity index (χ1v) is 5.74. The summed E-state index contributed by atoms with van der Waals surface area (Å²) >= 11 is 0. The summed E-state index contributed by atoms with van der Waals surface area (Å²) in [4.78, 5) is 23.8. The van der Waals surface area contributed by atoms with E-state index in [0.29, 0.717) is 19.5 Å². The number of nitrogens with one attached hydrogen (secondary N) is 1. The number of amides is 1. The zero-order valence-electron chi connectivity index (χ0n) is 10.6. The molecular weight excluding hydrogens is 232 g/mol. The molecule has 0 aliphatic heterocycles. The van der Waals surface area contributed by atoms with Crippen molar-refractivity contribution in [2.45, 2.75) is 13.0 Å². The molecule has 98 valence electrons. The summed E-state index contributed by atoms with van der Waals surface area (Å²) in [6.45, 7) is 1.36. The van der Waals surface area contributed by atoms with Gasteiger partial charge in [-0.05, 0) is 24.7 Å². The Balaban J connectivity index is 2.46. The zero-order chi connectivity index (χ0) is 13.5. The second-order valence-corrected chi connectivity index (χ2v) is 4.16. The van der Waals surface area contributed by atoms with Crippen LogP contribution in [-0.4, -0.2) is 42.5 Å². The number of benzene rings is 1. The van der Waals surface area contributed by atoms with Crippen molar-refractivity contribution in [3.05, 3.63) is 35.4 Å². The normalized spacial score (nSPS) is 10.4. The standard InChI is InChI=1S/C13H18N2O3/c1-14-12(16)7-8-15(2)9-10-3-5-11(6-4-10)13(17)18/h3-6H,7-9H2,1-2H3,(H,14,16)(H,17,18). The molecule has 0 unspecified atom stereocenters. The van der Waals surface area contributed by atoms with Gasteiger partial charge >= 0.3 is 5.97 Å². The molecule has 0 heterocycles. The second kappa shape index (κ2) is 6.76. The number of carbonyl (C=O) groups is 2. The van der Waals surface area contributed by atoms with Crippen molar-refractivity contribution >= 4 is 11.9 Å². The van der Waals surface area contributed by atoms with E-state index in [9.17, 15) is 9.59 Å². The fourth-order valence-electron chi connectivity index (χ4n) is 1.56. The molecule has 0 aliphatic carbocycles. The Kier molecular flexibility index (Phi) is 5.32. The van der Waals surface area contributed by atoms with Crippen LogP contribution in [0.3, 0.4) is 0 Å². The molecule has 0 aromatic heterocycles. The smallest absolute Gasteiger partial charge is 0.335 e. The van der Waals surface area contributed by atoms with Crippen molar-refractivity contribution < 1.29 is 14.7 Å². The molecule has 0 saturated carbocycles. The third kappa shape index (κ3) is 4.55. The summed E-state index contributed by atoms with van der Waals surface area (Å²) in [5.41, 5.74) is 1.31. The maximum atomic E-state index is 11.1. The van der Waals surface area contributed by atoms with Crippen LogP contribution >= 0.6 is 0 Å². The van der Waals surface area contributed by atoms with Gasteiger partial charge in [-0.15, -0.1) is 0 Å². The Morgan fingerprint density at radius 2 is 1.89 bits per heavy atom. The molecule has 0 aliphatic rings. The molecule has 1 rings (SSSR count). The number of hydrogen-bond acceptors (Lipinski definition) is 3. The summed E-state index contributed by atoms with van der Waals surface area (Å²) in [6, 6.07) is 6.76. The van der Waals surface area contributed by atoms with Crippen molar-refractivity contribution in [1.82, 2.24) is 10.2 Å². The molecule has 1 aromatic carbocycles. The molecule has 0 spiro atoms. The second-order valence-electron chi connectivity index (χ2n) is 4.16. The number of aromatic carboxylic acids is 1. The quantitative estimate of drug-likeness (QED) is 0.788. The van der Waals surface area contributed by atoms with Crippen LogP contribution < -0.4 is 5.32 Å². The molecule has 0 bridgehead atoms. The molecule has 0 atom stereocenters. The summed E-state index contributed by atoms with van der Waals surface area (Å²) in [7, 11) is 3.54. The van der Waals surface area contributed by atoms with Crippen molar-refractivity contribution in [3.63, 3.8) is 0 Å². The van der Waals surface area contributed by atoms with Gasteiger partial charge in [0, 0.05) is 26.6 Å². The monoisotopic (exact) mass is 250 g/mol. The predicted molar refractivity (Wildman–Crippen MR) is 68.4 cm³/mol. The largest absolute Gasteiger partial charge is 0.478 e. The van der Waals surface area contributed by atoms with Crippen molar-refractivity contribution in [2.75, 3.05) is 20.6 Å². The molecule has 1 aromatic rings. The zero-order valence-corrected chi connectivity index (χ0v) is 10.6. The molecule has 0 saturated heterocycles. The molecule has 0 radical (unpaired) electrons. The number of nitrogens with zero attached hydrogens (tertiary/aromatic N) is 1. The van der Waals surface area contributed by atoms with Gasteiger partial charge in [0.2, 0.25) is 5.91 Å². The highest BCUT2D eigenvalue weighted by molar-refractivity contribution is 5.87. The van der Waals surface area contributed by atoms with E-state index in [1.165, 1.54) is 0 Å². The first-order chi connectivity index (χ1) is 8.52. The average Bonchev–Trinajstić information content (AvgIpc) is 2.36. The molecule has 1 amide bonds. The van der Waals surface area contributed by atoms with E-state index in [2.05, 4.69) is 5.32 Å². The van der Waals surface area contributed by atoms with Gasteiger partial charge in [-0.2, -0.15) is 0 Å². The van der Waals surface area contributed by atoms with Crippen LogP contribution in [0.2, 0.25) is 0 Å². The van der Waals surface area contributed by atoms with Crippen LogP contribution in [0.1, 0.15) is 22.3 Å². The predicted octanol–water partition coefficient (Wildman–Crippen LogP) is 0.953. The van der Waals surface area contributed by atoms with Gasteiger partial charge in [0.25, 0.3) is 0 Å². The molecule has 5 nitrogen and oxygen atoms in total. The minimum atomic E-state index is -0.922. The van der Waals surface area contributed by atoms with Crippen LogP contribution in [0.15, 0.2) is 24.3 Å². The van der Waals surface area contributed by atoms with Gasteiger partial charge in [-0.1, -0.05) is 12.1 Å². The maximum Gasteiger partial charge on any atom is 0.335 e. The fraction of sp³-hybridized carbons (Fsp3) is 0.385. The summed E-state index contributed by atoms with van der Waals surface area (Å²) in [6.07, 6.45) is 0.459. The Labute approximate surface area is 106 Å². The molecule has 5 heteroatoms. The van der Waals surface area contributed by atoms with E-state index in [1.54, 1.807) is 31.3 Å². The van der Waals surface area contributed by atoms with Gasteiger partial charge in [-0.3, -0.25) is 4.79 Å². The van der Waals surface area contributed by atoms with Gasteiger partial charge in [0.05, 0.1) is 5.56 Å². The van der Waals surface area contributed by atoms with Crippen molar-refractivity contribution in [2.24, 2.45) is 0 Å². The number of hydrogen-bond donors (Lipinski definition) is 2. The van der Waals surface area contributed by atoms with E-state index in [0.717, 1.165) is 5.56 Å². The lowest BCUT2D eigenvalue weighted by Crippen LogP contribution is -2.26. The number of carboxylic acids is 1. The Morgan fingerprint density at radius 3 is 2.39 bits per heavy atom. The summed E-state index contributed by atoms with van der Waals surface area (Å²) in [5.74, 6) is -0.905. The van der Waals surface area contributed by atoms with Gasteiger partial charge < -0.3 is 15.3 Å². The number of carbonyl (C=O) groups excluding carboxylic acids is 1. The summed E-state index contributed by atoms with van der Waals surface area (Å²) < 4.78 is 0. The van der Waals surface area contributed by atoms with Crippen molar-refractivity contribution in [3.8, 4) is 0 Å². The van der Waals surface area contributed by atoms with Crippen LogP contribution in [-0.2, 0) is 11.3 Å². The first-order valence-electron chi connectivity index (χ1n) is 5.74. The highest BCUT2D eigenvalue weighted by Gasteiger charge is 2.05. The van der Waals surface area contributed by atoms with E-state index in [1.807, 2.05) is 11.9 Å². The maximum absolute atomic E-state index is 11.1. The van der Waals surface area contributed by atoms with Crippen molar-refractivity contribution in [1.29, 1.82) is 0 Å². The van der Waals surface area contributed by atoms with Crippen LogP contribution in [0, 0.1) is 0 Å². The van der Waals surface area contributed by atoms with Crippen LogP contribution in [0.5, 0.6) is 0 Å². The highest BCUT2D eigenvalue weighted by Crippen LogP contribution is 2.07. The van der Waals surface area contributed by atoms with Gasteiger partial charge in [0.1, 0.15) is 0 Å². The SMILES string of the molecule is CNC(=O)CCN(C)Cc1ccc(C(=O)O)cc1.